The first-order valence-electron chi connectivity index (χ1n) is 12.3. The number of carboxylic acid groups (broad SMARTS) is 1. The van der Waals surface area contributed by atoms with Gasteiger partial charge >= 0.3 is 5.97 Å². The van der Waals surface area contributed by atoms with Gasteiger partial charge in [0.05, 0.1) is 5.37 Å². The van der Waals surface area contributed by atoms with Crippen molar-refractivity contribution in [3.8, 4) is 5.75 Å². The molecule has 190 valence electrons. The Kier molecular flexibility index (Phi) is 7.35. The molecular formula is C30H30N2O4S. The van der Waals surface area contributed by atoms with Crippen LogP contribution in [0.5, 0.6) is 5.75 Å². The Bertz CT molecular complexity index is 1380. The summed E-state index contributed by atoms with van der Waals surface area (Å²) >= 11 is 1.67. The second-order valence-corrected chi connectivity index (χ2v) is 10.5. The van der Waals surface area contributed by atoms with Crippen LogP contribution in [0.25, 0.3) is 0 Å². The summed E-state index contributed by atoms with van der Waals surface area (Å²) in [6.45, 7) is 6.49. The Morgan fingerprint density at radius 1 is 1.11 bits per heavy atom. The third kappa shape index (κ3) is 5.43. The monoisotopic (exact) mass is 514 g/mol. The minimum Gasteiger partial charge on any atom is -0.480 e. The van der Waals surface area contributed by atoms with Crippen LogP contribution in [0.2, 0.25) is 0 Å². The number of aromatic nitrogens is 1. The van der Waals surface area contributed by atoms with Crippen molar-refractivity contribution in [3.05, 3.63) is 118 Å². The van der Waals surface area contributed by atoms with Gasteiger partial charge < -0.3 is 14.3 Å². The molecule has 4 aromatic rings. The number of carbonyl (C=O) groups is 1. The maximum atomic E-state index is 12.1. The molecule has 0 radical (unpaired) electrons. The maximum Gasteiger partial charge on any atom is 0.321 e. The van der Waals surface area contributed by atoms with Crippen LogP contribution in [-0.2, 0) is 11.3 Å². The van der Waals surface area contributed by atoms with E-state index in [0.717, 1.165) is 27.9 Å². The van der Waals surface area contributed by atoms with Crippen LogP contribution in [0.15, 0.2) is 83.6 Å². The largest absolute Gasteiger partial charge is 0.480 e. The van der Waals surface area contributed by atoms with Crippen molar-refractivity contribution in [1.29, 1.82) is 0 Å². The smallest absolute Gasteiger partial charge is 0.321 e. The van der Waals surface area contributed by atoms with E-state index in [-0.39, 0.29) is 5.37 Å². The van der Waals surface area contributed by atoms with Crippen molar-refractivity contribution in [2.24, 2.45) is 0 Å². The highest BCUT2D eigenvalue weighted by Crippen LogP contribution is 2.42. The topological polar surface area (TPSA) is 75.8 Å². The molecule has 1 aliphatic heterocycles. The van der Waals surface area contributed by atoms with Gasteiger partial charge in [0.15, 0.2) is 12.5 Å². The third-order valence-corrected chi connectivity index (χ3v) is 8.15. The molecule has 2 unspecified atom stereocenters. The Morgan fingerprint density at radius 3 is 2.59 bits per heavy atom. The number of rotatable bonds is 8. The summed E-state index contributed by atoms with van der Waals surface area (Å²) in [5.74, 6) is 1.16. The first-order chi connectivity index (χ1) is 17.9. The second kappa shape index (κ2) is 10.8. The number of benzene rings is 3. The molecule has 3 atom stereocenters. The standard InChI is InChI=1S/C30H30N2O4S/c1-19-11-13-23(14-12-19)29-32(26(17-37-29)30(33)34)16-22-8-6-9-24(15-22)36-28(27-21(3)35-18-31-27)25-10-5-4-7-20(25)2/h4-15,18,26,28-29H,16-17H2,1-3H3,(H,33,34)/t26?,28?,29-/m1/s1. The predicted molar refractivity (Wildman–Crippen MR) is 145 cm³/mol. The molecule has 2 heterocycles. The molecule has 37 heavy (non-hydrogen) atoms. The van der Waals surface area contributed by atoms with Crippen LogP contribution in [0.1, 0.15) is 50.7 Å². The number of hydrogen-bond acceptors (Lipinski definition) is 6. The number of aryl methyl sites for hydroxylation is 3. The van der Waals surface area contributed by atoms with Crippen molar-refractivity contribution in [1.82, 2.24) is 9.88 Å². The van der Waals surface area contributed by atoms with Crippen molar-refractivity contribution in [2.75, 3.05) is 5.75 Å². The van der Waals surface area contributed by atoms with Gasteiger partial charge in [-0.05, 0) is 49.6 Å². The summed E-state index contributed by atoms with van der Waals surface area (Å²) < 4.78 is 12.0. The van der Waals surface area contributed by atoms with Gasteiger partial charge in [-0.15, -0.1) is 11.8 Å². The number of hydrogen-bond donors (Lipinski definition) is 1. The molecule has 7 heteroatoms. The zero-order valence-electron chi connectivity index (χ0n) is 21.1. The summed E-state index contributed by atoms with van der Waals surface area (Å²) in [4.78, 5) is 18.6. The van der Waals surface area contributed by atoms with Crippen LogP contribution in [-0.4, -0.2) is 32.8 Å². The van der Waals surface area contributed by atoms with Gasteiger partial charge in [-0.1, -0.05) is 66.2 Å². The fourth-order valence-electron chi connectivity index (χ4n) is 4.74. The summed E-state index contributed by atoms with van der Waals surface area (Å²) in [6, 6.07) is 23.8. The van der Waals surface area contributed by atoms with E-state index in [9.17, 15) is 9.90 Å². The van der Waals surface area contributed by atoms with E-state index in [1.165, 1.54) is 12.0 Å². The quantitative estimate of drug-likeness (QED) is 0.289. The van der Waals surface area contributed by atoms with Gasteiger partial charge in [-0.2, -0.15) is 0 Å². The van der Waals surface area contributed by atoms with Crippen LogP contribution >= 0.6 is 11.8 Å². The van der Waals surface area contributed by atoms with E-state index in [4.69, 9.17) is 9.15 Å². The molecule has 1 saturated heterocycles. The minimum absolute atomic E-state index is 0.0243. The summed E-state index contributed by atoms with van der Waals surface area (Å²) in [6.07, 6.45) is 1.02. The lowest BCUT2D eigenvalue weighted by Crippen LogP contribution is -2.38. The number of aliphatic carboxylic acids is 1. The average molecular weight is 515 g/mol. The summed E-state index contributed by atoms with van der Waals surface area (Å²) in [5, 5.41) is 9.91. The number of oxazole rings is 1. The van der Waals surface area contributed by atoms with Crippen molar-refractivity contribution in [2.45, 2.75) is 44.8 Å². The number of thioether (sulfide) groups is 1. The normalized spacial score (nSPS) is 18.6. The minimum atomic E-state index is -0.796. The highest BCUT2D eigenvalue weighted by Gasteiger charge is 2.39. The Labute approximate surface area is 221 Å². The Hall–Kier alpha value is -3.55. The molecule has 0 bridgehead atoms. The molecule has 3 aromatic carbocycles. The SMILES string of the molecule is Cc1ccc([C@H]2SCC(C(=O)O)N2Cc2cccc(OC(c3ccccc3C)c3ncoc3C)c2)cc1. The van der Waals surface area contributed by atoms with Crippen molar-refractivity contribution < 1.29 is 19.1 Å². The van der Waals surface area contributed by atoms with E-state index >= 15 is 0 Å². The average Bonchev–Trinajstić information content (AvgIpc) is 3.50. The van der Waals surface area contributed by atoms with E-state index in [0.29, 0.717) is 23.8 Å². The van der Waals surface area contributed by atoms with Crippen molar-refractivity contribution in [3.63, 3.8) is 0 Å². The van der Waals surface area contributed by atoms with Gasteiger partial charge in [0.2, 0.25) is 0 Å². The highest BCUT2D eigenvalue weighted by atomic mass is 32.2. The van der Waals surface area contributed by atoms with Crippen LogP contribution in [0.3, 0.4) is 0 Å². The predicted octanol–water partition coefficient (Wildman–Crippen LogP) is 6.47. The van der Waals surface area contributed by atoms with Gasteiger partial charge in [0.25, 0.3) is 0 Å². The first kappa shape index (κ1) is 25.1. The number of carboxylic acids is 1. The van der Waals surface area contributed by atoms with Gasteiger partial charge in [-0.25, -0.2) is 4.98 Å². The molecule has 6 nitrogen and oxygen atoms in total. The molecule has 1 aliphatic rings. The van der Waals surface area contributed by atoms with Crippen LogP contribution in [0, 0.1) is 20.8 Å². The molecule has 0 saturated carbocycles. The van der Waals surface area contributed by atoms with Crippen molar-refractivity contribution >= 4 is 17.7 Å². The van der Waals surface area contributed by atoms with Gasteiger partial charge in [0.1, 0.15) is 23.2 Å². The molecule has 0 aliphatic carbocycles. The van der Waals surface area contributed by atoms with E-state index in [1.807, 2.05) is 49.4 Å². The fraction of sp³-hybridized carbons (Fsp3) is 0.267. The lowest BCUT2D eigenvalue weighted by Gasteiger charge is -2.28. The molecule has 1 aromatic heterocycles. The van der Waals surface area contributed by atoms with E-state index < -0.39 is 18.1 Å². The molecule has 5 rings (SSSR count). The Morgan fingerprint density at radius 2 is 1.89 bits per heavy atom. The lowest BCUT2D eigenvalue weighted by molar-refractivity contribution is -0.142. The van der Waals surface area contributed by atoms with Gasteiger partial charge in [-0.3, -0.25) is 9.69 Å². The lowest BCUT2D eigenvalue weighted by atomic mass is 10.00. The highest BCUT2D eigenvalue weighted by molar-refractivity contribution is 7.99. The fourth-order valence-corrected chi connectivity index (χ4v) is 6.20. The van der Waals surface area contributed by atoms with E-state index in [2.05, 4.69) is 54.1 Å². The third-order valence-electron chi connectivity index (χ3n) is 6.78. The second-order valence-electron chi connectivity index (χ2n) is 9.42. The van der Waals surface area contributed by atoms with E-state index in [1.54, 1.807) is 11.8 Å². The molecule has 1 fully saturated rings. The molecule has 0 spiro atoms. The van der Waals surface area contributed by atoms with Crippen LogP contribution in [0.4, 0.5) is 0 Å². The molecular weight excluding hydrogens is 484 g/mol. The number of ether oxygens (including phenoxy) is 1. The first-order valence-corrected chi connectivity index (χ1v) is 13.3. The zero-order valence-corrected chi connectivity index (χ0v) is 21.9. The number of nitrogens with zero attached hydrogens (tertiary/aromatic N) is 2. The van der Waals surface area contributed by atoms with Crippen LogP contribution < -0.4 is 4.74 Å². The maximum absolute atomic E-state index is 12.1. The molecule has 1 N–H and O–H groups in total. The summed E-state index contributed by atoms with van der Waals surface area (Å²) in [5.41, 5.74) is 6.15. The Balaban J connectivity index is 1.43. The summed E-state index contributed by atoms with van der Waals surface area (Å²) in [7, 11) is 0. The van der Waals surface area contributed by atoms with Gasteiger partial charge in [0, 0.05) is 17.9 Å². The zero-order chi connectivity index (χ0) is 25.9. The molecule has 0 amide bonds.